The van der Waals surface area contributed by atoms with Crippen LogP contribution in [0.25, 0.3) is 0 Å². The molecule has 6 nitrogen and oxygen atoms in total. The van der Waals surface area contributed by atoms with Crippen LogP contribution in [0.2, 0.25) is 0 Å². The lowest BCUT2D eigenvalue weighted by molar-refractivity contribution is -0.0367. The Hall–Kier alpha value is -0.240. The minimum atomic E-state index is -0.445. The van der Waals surface area contributed by atoms with Crippen LogP contribution >= 0.6 is 0 Å². The molecule has 0 aliphatic carbocycles. The van der Waals surface area contributed by atoms with Crippen LogP contribution < -0.4 is 11.5 Å². The Kier molecular flexibility index (Phi) is 10.7. The highest BCUT2D eigenvalue weighted by atomic mass is 16.6. The average molecular weight is 208 g/mol. The molecule has 0 rings (SSSR count). The van der Waals surface area contributed by atoms with Crippen LogP contribution in [-0.4, -0.2) is 57.5 Å². The highest BCUT2D eigenvalue weighted by molar-refractivity contribution is 4.45. The van der Waals surface area contributed by atoms with Gasteiger partial charge in [0.05, 0.1) is 39.6 Å². The van der Waals surface area contributed by atoms with E-state index in [0.29, 0.717) is 39.6 Å². The van der Waals surface area contributed by atoms with E-state index in [1.807, 2.05) is 0 Å². The second-order valence-corrected chi connectivity index (χ2v) is 2.61. The lowest BCUT2D eigenvalue weighted by Crippen LogP contribution is -2.31. The van der Waals surface area contributed by atoms with Crippen molar-refractivity contribution in [3.63, 3.8) is 0 Å². The van der Waals surface area contributed by atoms with E-state index in [1.165, 1.54) is 0 Å². The van der Waals surface area contributed by atoms with E-state index in [1.54, 1.807) is 0 Å². The summed E-state index contributed by atoms with van der Waals surface area (Å²) < 4.78 is 15.2. The quantitative estimate of drug-likeness (QED) is 0.291. The molecular weight excluding hydrogens is 188 g/mol. The molecule has 0 saturated carbocycles. The van der Waals surface area contributed by atoms with Crippen LogP contribution in [-0.2, 0) is 14.2 Å². The Balaban J connectivity index is 3.06. The first-order chi connectivity index (χ1) is 6.81. The van der Waals surface area contributed by atoms with Crippen molar-refractivity contribution < 1.29 is 19.3 Å². The van der Waals surface area contributed by atoms with Gasteiger partial charge in [0.1, 0.15) is 6.23 Å². The van der Waals surface area contributed by atoms with Crippen LogP contribution in [0.5, 0.6) is 0 Å². The zero-order valence-electron chi connectivity index (χ0n) is 8.35. The van der Waals surface area contributed by atoms with Crippen molar-refractivity contribution in [3.8, 4) is 0 Å². The summed E-state index contributed by atoms with van der Waals surface area (Å²) in [4.78, 5) is 0. The van der Waals surface area contributed by atoms with Crippen molar-refractivity contribution in [1.82, 2.24) is 0 Å². The summed E-state index contributed by atoms with van der Waals surface area (Å²) in [5, 5.41) is 8.40. The van der Waals surface area contributed by atoms with E-state index in [9.17, 15) is 0 Å². The van der Waals surface area contributed by atoms with Crippen molar-refractivity contribution in [2.24, 2.45) is 11.5 Å². The molecule has 6 heteroatoms. The molecule has 0 fully saturated rings. The Morgan fingerprint density at radius 2 is 1.86 bits per heavy atom. The SMILES string of the molecule is NCCOCC(N)OCCOCCO. The summed E-state index contributed by atoms with van der Waals surface area (Å²) in [6, 6.07) is 0. The molecule has 0 radical (unpaired) electrons. The molecular formula is C8H20N2O4. The van der Waals surface area contributed by atoms with Crippen LogP contribution in [0.15, 0.2) is 0 Å². The highest BCUT2D eigenvalue weighted by Crippen LogP contribution is 1.86. The first-order valence-electron chi connectivity index (χ1n) is 4.65. The standard InChI is InChI=1S/C8H20N2O4/c9-1-3-13-7-8(10)14-6-5-12-4-2-11/h8,11H,1-7,9-10H2. The molecule has 0 aliphatic rings. The Morgan fingerprint density at radius 3 is 2.50 bits per heavy atom. The number of aliphatic hydroxyl groups is 1. The summed E-state index contributed by atoms with van der Waals surface area (Å²) in [6.45, 7) is 2.45. The van der Waals surface area contributed by atoms with Crippen LogP contribution in [0.4, 0.5) is 0 Å². The lowest BCUT2D eigenvalue weighted by Gasteiger charge is -2.12. The predicted octanol–water partition coefficient (Wildman–Crippen LogP) is -1.73. The molecule has 0 aromatic heterocycles. The molecule has 0 saturated heterocycles. The van der Waals surface area contributed by atoms with Gasteiger partial charge >= 0.3 is 0 Å². The van der Waals surface area contributed by atoms with Crippen LogP contribution in [0.1, 0.15) is 0 Å². The summed E-state index contributed by atoms with van der Waals surface area (Å²) in [7, 11) is 0. The summed E-state index contributed by atoms with van der Waals surface area (Å²) in [5.41, 5.74) is 10.8. The monoisotopic (exact) mass is 208 g/mol. The maximum absolute atomic E-state index is 8.40. The molecule has 0 bridgehead atoms. The fourth-order valence-corrected chi connectivity index (χ4v) is 0.756. The Labute approximate surface area is 84.1 Å². The molecule has 86 valence electrons. The number of rotatable bonds is 10. The van der Waals surface area contributed by atoms with Gasteiger partial charge in [0.15, 0.2) is 0 Å². The van der Waals surface area contributed by atoms with E-state index in [-0.39, 0.29) is 6.61 Å². The minimum absolute atomic E-state index is 0.0195. The number of hydrogen-bond acceptors (Lipinski definition) is 6. The van der Waals surface area contributed by atoms with Gasteiger partial charge in [-0.25, -0.2) is 0 Å². The van der Waals surface area contributed by atoms with Gasteiger partial charge in [-0.1, -0.05) is 0 Å². The maximum Gasteiger partial charge on any atom is 0.129 e. The van der Waals surface area contributed by atoms with E-state index in [0.717, 1.165) is 0 Å². The molecule has 0 heterocycles. The molecule has 0 spiro atoms. The van der Waals surface area contributed by atoms with Gasteiger partial charge in [-0.15, -0.1) is 0 Å². The third-order valence-electron chi connectivity index (χ3n) is 1.34. The smallest absolute Gasteiger partial charge is 0.129 e. The van der Waals surface area contributed by atoms with Crippen LogP contribution in [0.3, 0.4) is 0 Å². The fourth-order valence-electron chi connectivity index (χ4n) is 0.756. The third-order valence-corrected chi connectivity index (χ3v) is 1.34. The van der Waals surface area contributed by atoms with E-state index < -0.39 is 6.23 Å². The van der Waals surface area contributed by atoms with Gasteiger partial charge in [-0.3, -0.25) is 0 Å². The van der Waals surface area contributed by atoms with Gasteiger partial charge in [0, 0.05) is 6.54 Å². The highest BCUT2D eigenvalue weighted by Gasteiger charge is 2.01. The topological polar surface area (TPSA) is 100.0 Å². The van der Waals surface area contributed by atoms with Gasteiger partial charge in [-0.05, 0) is 0 Å². The van der Waals surface area contributed by atoms with E-state index >= 15 is 0 Å². The molecule has 5 N–H and O–H groups in total. The van der Waals surface area contributed by atoms with Gasteiger partial charge in [0.2, 0.25) is 0 Å². The van der Waals surface area contributed by atoms with Gasteiger partial charge < -0.3 is 30.8 Å². The average Bonchev–Trinajstić information content (AvgIpc) is 2.18. The van der Waals surface area contributed by atoms with Crippen molar-refractivity contribution in [1.29, 1.82) is 0 Å². The molecule has 0 amide bonds. The summed E-state index contributed by atoms with van der Waals surface area (Å²) >= 11 is 0. The molecule has 14 heavy (non-hydrogen) atoms. The van der Waals surface area contributed by atoms with Crippen molar-refractivity contribution >= 4 is 0 Å². The van der Waals surface area contributed by atoms with Crippen molar-refractivity contribution in [2.75, 3.05) is 46.2 Å². The minimum Gasteiger partial charge on any atom is -0.394 e. The number of ether oxygens (including phenoxy) is 3. The second-order valence-electron chi connectivity index (χ2n) is 2.61. The van der Waals surface area contributed by atoms with Gasteiger partial charge in [0.25, 0.3) is 0 Å². The summed E-state index contributed by atoms with van der Waals surface area (Å²) in [5.74, 6) is 0. The van der Waals surface area contributed by atoms with Gasteiger partial charge in [-0.2, -0.15) is 0 Å². The first kappa shape index (κ1) is 13.8. The molecule has 0 aromatic carbocycles. The number of nitrogens with two attached hydrogens (primary N) is 2. The molecule has 1 unspecified atom stereocenters. The van der Waals surface area contributed by atoms with E-state index in [4.69, 9.17) is 30.8 Å². The van der Waals surface area contributed by atoms with Crippen molar-refractivity contribution in [3.05, 3.63) is 0 Å². The first-order valence-corrected chi connectivity index (χ1v) is 4.65. The molecule has 0 aromatic rings. The fraction of sp³-hybridized carbons (Fsp3) is 1.00. The largest absolute Gasteiger partial charge is 0.394 e. The number of aliphatic hydroxyl groups excluding tert-OH is 1. The van der Waals surface area contributed by atoms with E-state index in [2.05, 4.69) is 0 Å². The third kappa shape index (κ3) is 9.85. The molecule has 1 atom stereocenters. The van der Waals surface area contributed by atoms with Crippen LogP contribution in [0, 0.1) is 0 Å². The zero-order chi connectivity index (χ0) is 10.6. The second kappa shape index (κ2) is 10.8. The Morgan fingerprint density at radius 1 is 1.07 bits per heavy atom. The Bertz CT molecular complexity index is 116. The summed E-state index contributed by atoms with van der Waals surface area (Å²) in [6.07, 6.45) is -0.445. The maximum atomic E-state index is 8.40. The lowest BCUT2D eigenvalue weighted by atomic mass is 10.6. The normalized spacial score (nSPS) is 13.1. The number of hydrogen-bond donors (Lipinski definition) is 3. The van der Waals surface area contributed by atoms with Crippen molar-refractivity contribution in [2.45, 2.75) is 6.23 Å². The predicted molar refractivity (Wildman–Crippen MR) is 51.7 cm³/mol. The zero-order valence-corrected chi connectivity index (χ0v) is 8.35. The molecule has 0 aliphatic heterocycles.